The van der Waals surface area contributed by atoms with Crippen LogP contribution in [0.1, 0.15) is 58.8 Å². The second-order valence-electron chi connectivity index (χ2n) is 4.44. The van der Waals surface area contributed by atoms with E-state index in [2.05, 4.69) is 13.8 Å². The van der Waals surface area contributed by atoms with E-state index in [1.165, 1.54) is 25.7 Å². The molecule has 0 aromatic rings. The lowest BCUT2D eigenvalue weighted by Gasteiger charge is -2.18. The molecule has 0 rings (SSSR count). The fourth-order valence-electron chi connectivity index (χ4n) is 1.95. The summed E-state index contributed by atoms with van der Waals surface area (Å²) in [5.41, 5.74) is 0. The summed E-state index contributed by atoms with van der Waals surface area (Å²) in [6, 6.07) is 0. The molecule has 15 heavy (non-hydrogen) atoms. The molecule has 2 heteroatoms. The van der Waals surface area contributed by atoms with Crippen LogP contribution in [-0.2, 0) is 4.74 Å². The standard InChI is InChI=1S/C13H28O2/c1-4-6-8-12(5-2)11-13(14)9-7-10-15-3/h12-14H,4-11H2,1-3H3. The third-order valence-electron chi connectivity index (χ3n) is 3.03. The van der Waals surface area contributed by atoms with Crippen LogP contribution < -0.4 is 0 Å². The van der Waals surface area contributed by atoms with Gasteiger partial charge < -0.3 is 9.84 Å². The van der Waals surface area contributed by atoms with Crippen molar-refractivity contribution in [2.45, 2.75) is 64.9 Å². The number of methoxy groups -OCH3 is 1. The van der Waals surface area contributed by atoms with Crippen LogP contribution in [0.2, 0.25) is 0 Å². The van der Waals surface area contributed by atoms with Gasteiger partial charge in [-0.25, -0.2) is 0 Å². The van der Waals surface area contributed by atoms with E-state index in [-0.39, 0.29) is 6.10 Å². The van der Waals surface area contributed by atoms with Crippen molar-refractivity contribution in [3.05, 3.63) is 0 Å². The highest BCUT2D eigenvalue weighted by Gasteiger charge is 2.12. The first-order valence-electron chi connectivity index (χ1n) is 6.41. The van der Waals surface area contributed by atoms with Crippen molar-refractivity contribution in [3.8, 4) is 0 Å². The van der Waals surface area contributed by atoms with Crippen LogP contribution in [0.25, 0.3) is 0 Å². The van der Waals surface area contributed by atoms with Crippen molar-refractivity contribution in [1.82, 2.24) is 0 Å². The van der Waals surface area contributed by atoms with Crippen LogP contribution >= 0.6 is 0 Å². The Morgan fingerprint density at radius 3 is 2.40 bits per heavy atom. The van der Waals surface area contributed by atoms with Crippen molar-refractivity contribution in [3.63, 3.8) is 0 Å². The minimum atomic E-state index is -0.123. The van der Waals surface area contributed by atoms with Gasteiger partial charge in [0.1, 0.15) is 0 Å². The first-order valence-corrected chi connectivity index (χ1v) is 6.41. The molecule has 0 fully saturated rings. The molecule has 0 aromatic heterocycles. The highest BCUT2D eigenvalue weighted by Crippen LogP contribution is 2.20. The zero-order chi connectivity index (χ0) is 11.5. The van der Waals surface area contributed by atoms with E-state index < -0.39 is 0 Å². The van der Waals surface area contributed by atoms with Crippen molar-refractivity contribution >= 4 is 0 Å². The van der Waals surface area contributed by atoms with Crippen molar-refractivity contribution < 1.29 is 9.84 Å². The van der Waals surface area contributed by atoms with Gasteiger partial charge in [0.15, 0.2) is 0 Å². The lowest BCUT2D eigenvalue weighted by atomic mass is 9.92. The third-order valence-corrected chi connectivity index (χ3v) is 3.03. The van der Waals surface area contributed by atoms with E-state index in [0.717, 1.165) is 25.9 Å². The topological polar surface area (TPSA) is 29.5 Å². The molecule has 0 saturated heterocycles. The molecule has 0 bridgehead atoms. The van der Waals surface area contributed by atoms with Gasteiger partial charge in [-0.3, -0.25) is 0 Å². The number of unbranched alkanes of at least 4 members (excludes halogenated alkanes) is 1. The molecule has 0 amide bonds. The van der Waals surface area contributed by atoms with Gasteiger partial charge in [-0.05, 0) is 25.2 Å². The van der Waals surface area contributed by atoms with E-state index in [1.54, 1.807) is 7.11 Å². The van der Waals surface area contributed by atoms with E-state index in [0.29, 0.717) is 5.92 Å². The van der Waals surface area contributed by atoms with Crippen molar-refractivity contribution in [1.29, 1.82) is 0 Å². The Balaban J connectivity index is 3.55. The van der Waals surface area contributed by atoms with Crippen LogP contribution in [0.5, 0.6) is 0 Å². The maximum Gasteiger partial charge on any atom is 0.0543 e. The summed E-state index contributed by atoms with van der Waals surface area (Å²) in [4.78, 5) is 0. The summed E-state index contributed by atoms with van der Waals surface area (Å²) < 4.78 is 4.98. The molecule has 0 aliphatic heterocycles. The predicted octanol–water partition coefficient (Wildman–Crippen LogP) is 3.38. The maximum atomic E-state index is 9.82. The fourth-order valence-corrected chi connectivity index (χ4v) is 1.95. The highest BCUT2D eigenvalue weighted by atomic mass is 16.5. The quantitative estimate of drug-likeness (QED) is 0.567. The van der Waals surface area contributed by atoms with Crippen LogP contribution in [-0.4, -0.2) is 24.9 Å². The van der Waals surface area contributed by atoms with Gasteiger partial charge in [0.2, 0.25) is 0 Å². The third kappa shape index (κ3) is 8.88. The summed E-state index contributed by atoms with van der Waals surface area (Å²) >= 11 is 0. The predicted molar refractivity (Wildman–Crippen MR) is 65.0 cm³/mol. The minimum Gasteiger partial charge on any atom is -0.393 e. The molecule has 0 aromatic carbocycles. The van der Waals surface area contributed by atoms with Crippen molar-refractivity contribution in [2.24, 2.45) is 5.92 Å². The lowest BCUT2D eigenvalue weighted by molar-refractivity contribution is 0.110. The van der Waals surface area contributed by atoms with Gasteiger partial charge in [0.25, 0.3) is 0 Å². The number of aliphatic hydroxyl groups is 1. The monoisotopic (exact) mass is 216 g/mol. The molecule has 2 atom stereocenters. The highest BCUT2D eigenvalue weighted by molar-refractivity contribution is 4.64. The van der Waals surface area contributed by atoms with Crippen LogP contribution in [0.4, 0.5) is 0 Å². The number of hydrogen-bond donors (Lipinski definition) is 1. The minimum absolute atomic E-state index is 0.123. The summed E-state index contributed by atoms with van der Waals surface area (Å²) in [6.07, 6.45) is 7.73. The molecular weight excluding hydrogens is 188 g/mol. The summed E-state index contributed by atoms with van der Waals surface area (Å²) in [5, 5.41) is 9.82. The number of rotatable bonds is 10. The smallest absolute Gasteiger partial charge is 0.0543 e. The van der Waals surface area contributed by atoms with Gasteiger partial charge in [0, 0.05) is 13.7 Å². The Bertz CT molecular complexity index is 126. The zero-order valence-electron chi connectivity index (χ0n) is 10.7. The molecular formula is C13H28O2. The average molecular weight is 216 g/mol. The molecule has 2 nitrogen and oxygen atoms in total. The van der Waals surface area contributed by atoms with Crippen molar-refractivity contribution in [2.75, 3.05) is 13.7 Å². The van der Waals surface area contributed by atoms with Gasteiger partial charge >= 0.3 is 0 Å². The normalized spacial score (nSPS) is 15.2. The zero-order valence-corrected chi connectivity index (χ0v) is 10.7. The van der Waals surface area contributed by atoms with Gasteiger partial charge in [-0.1, -0.05) is 39.5 Å². The Kier molecular flexibility index (Phi) is 10.4. The summed E-state index contributed by atoms with van der Waals surface area (Å²) in [6.45, 7) is 5.22. The molecule has 0 aliphatic rings. The molecule has 92 valence electrons. The van der Waals surface area contributed by atoms with Gasteiger partial charge in [0.05, 0.1) is 6.10 Å². The lowest BCUT2D eigenvalue weighted by Crippen LogP contribution is -2.14. The second kappa shape index (κ2) is 10.4. The Morgan fingerprint density at radius 1 is 1.13 bits per heavy atom. The molecule has 2 unspecified atom stereocenters. The summed E-state index contributed by atoms with van der Waals surface area (Å²) in [5.74, 6) is 0.711. The maximum absolute atomic E-state index is 9.82. The average Bonchev–Trinajstić information content (AvgIpc) is 2.24. The van der Waals surface area contributed by atoms with E-state index in [4.69, 9.17) is 4.74 Å². The van der Waals surface area contributed by atoms with Gasteiger partial charge in [-0.2, -0.15) is 0 Å². The van der Waals surface area contributed by atoms with E-state index in [1.807, 2.05) is 0 Å². The molecule has 0 saturated carbocycles. The van der Waals surface area contributed by atoms with Crippen LogP contribution in [0, 0.1) is 5.92 Å². The molecule has 0 radical (unpaired) electrons. The van der Waals surface area contributed by atoms with Crippen LogP contribution in [0.3, 0.4) is 0 Å². The SMILES string of the molecule is CCCCC(CC)CC(O)CCCOC. The summed E-state index contributed by atoms with van der Waals surface area (Å²) in [7, 11) is 1.71. The molecule has 0 heterocycles. The Labute approximate surface area is 95.0 Å². The fraction of sp³-hybridized carbons (Fsp3) is 1.00. The van der Waals surface area contributed by atoms with Gasteiger partial charge in [-0.15, -0.1) is 0 Å². The first-order chi connectivity index (χ1) is 7.24. The number of aliphatic hydroxyl groups excluding tert-OH is 1. The number of ether oxygens (including phenoxy) is 1. The Hall–Kier alpha value is -0.0800. The first kappa shape index (κ1) is 14.9. The van der Waals surface area contributed by atoms with Crippen LogP contribution in [0.15, 0.2) is 0 Å². The molecule has 0 aliphatic carbocycles. The largest absolute Gasteiger partial charge is 0.393 e. The van der Waals surface area contributed by atoms with E-state index in [9.17, 15) is 5.11 Å². The molecule has 0 spiro atoms. The van der Waals surface area contributed by atoms with E-state index >= 15 is 0 Å². The molecule has 1 N–H and O–H groups in total. The second-order valence-corrected chi connectivity index (χ2v) is 4.44. The Morgan fingerprint density at radius 2 is 1.87 bits per heavy atom. The number of hydrogen-bond acceptors (Lipinski definition) is 2.